The van der Waals surface area contributed by atoms with Crippen LogP contribution < -0.4 is 10.9 Å². The van der Waals surface area contributed by atoms with Gasteiger partial charge in [0.1, 0.15) is 6.54 Å². The fraction of sp³-hybridized carbons (Fsp3) is 0.429. The van der Waals surface area contributed by atoms with Crippen LogP contribution in [0.2, 0.25) is 0 Å². The van der Waals surface area contributed by atoms with E-state index < -0.39 is 0 Å². The van der Waals surface area contributed by atoms with Crippen molar-refractivity contribution in [1.82, 2.24) is 15.0 Å². The molecule has 1 N–H and O–H groups in total. The van der Waals surface area contributed by atoms with E-state index >= 15 is 0 Å². The second kappa shape index (κ2) is 7.13. The van der Waals surface area contributed by atoms with Gasteiger partial charge in [0, 0.05) is 10.6 Å². The number of anilines is 1. The van der Waals surface area contributed by atoms with Crippen LogP contribution in [-0.2, 0) is 24.2 Å². The molecule has 1 amide bonds. The Morgan fingerprint density at radius 1 is 1.29 bits per heavy atom. The van der Waals surface area contributed by atoms with Crippen LogP contribution in [0.4, 0.5) is 5.69 Å². The predicted molar refractivity (Wildman–Crippen MR) is 112 cm³/mol. The van der Waals surface area contributed by atoms with Crippen LogP contribution in [0.5, 0.6) is 0 Å². The highest BCUT2D eigenvalue weighted by Gasteiger charge is 2.32. The fourth-order valence-corrected chi connectivity index (χ4v) is 5.06. The summed E-state index contributed by atoms with van der Waals surface area (Å²) in [6.45, 7) is 6.67. The highest BCUT2D eigenvalue weighted by Crippen LogP contribution is 2.41. The number of thiophene rings is 1. The number of hydrogen-bond donors (Lipinski definition) is 1. The summed E-state index contributed by atoms with van der Waals surface area (Å²) in [5, 5.41) is 11.7. The zero-order valence-corrected chi connectivity index (χ0v) is 17.2. The standard InChI is InChI=1S/C21H24N4O2S/c1-21(2,3)13-9-10-15-16(11-13)28-19-18(15)20(27)25(24-23-19)12-17(26)22-14-7-5-4-6-8-14/h4-8,13H,9-12H2,1-3H3,(H,22,26)/t13-/m1/s1. The summed E-state index contributed by atoms with van der Waals surface area (Å²) in [5.41, 5.74) is 1.82. The van der Waals surface area contributed by atoms with Gasteiger partial charge in [0.25, 0.3) is 5.56 Å². The Bertz CT molecular complexity index is 1080. The first kappa shape index (κ1) is 18.8. The highest BCUT2D eigenvalue weighted by atomic mass is 32.1. The van der Waals surface area contributed by atoms with Gasteiger partial charge in [0.15, 0.2) is 4.83 Å². The summed E-state index contributed by atoms with van der Waals surface area (Å²) in [7, 11) is 0. The van der Waals surface area contributed by atoms with E-state index in [0.29, 0.717) is 21.8 Å². The van der Waals surface area contributed by atoms with Gasteiger partial charge in [-0.25, -0.2) is 4.68 Å². The molecule has 146 valence electrons. The monoisotopic (exact) mass is 396 g/mol. The molecule has 0 unspecified atom stereocenters. The van der Waals surface area contributed by atoms with Gasteiger partial charge >= 0.3 is 0 Å². The summed E-state index contributed by atoms with van der Waals surface area (Å²) < 4.78 is 1.17. The van der Waals surface area contributed by atoms with Crippen LogP contribution in [0.15, 0.2) is 35.1 Å². The Kier molecular flexibility index (Phi) is 4.79. The molecule has 1 aromatic carbocycles. The second-order valence-corrected chi connectivity index (χ2v) is 9.54. The molecule has 0 bridgehead atoms. The fourth-order valence-electron chi connectivity index (χ4n) is 3.83. The Morgan fingerprint density at radius 2 is 2.04 bits per heavy atom. The number of amides is 1. The molecule has 6 nitrogen and oxygen atoms in total. The molecule has 0 aliphatic heterocycles. The molecule has 3 aromatic rings. The maximum absolute atomic E-state index is 13.0. The zero-order chi connectivity index (χ0) is 19.9. The van der Waals surface area contributed by atoms with E-state index in [1.54, 1.807) is 23.5 Å². The predicted octanol–water partition coefficient (Wildman–Crippen LogP) is 3.64. The van der Waals surface area contributed by atoms with Crippen LogP contribution in [0.25, 0.3) is 10.2 Å². The maximum Gasteiger partial charge on any atom is 0.279 e. The lowest BCUT2D eigenvalue weighted by Gasteiger charge is -2.33. The van der Waals surface area contributed by atoms with E-state index in [0.717, 1.165) is 24.8 Å². The van der Waals surface area contributed by atoms with Gasteiger partial charge in [-0.2, -0.15) is 0 Å². The minimum Gasteiger partial charge on any atom is -0.324 e. The van der Waals surface area contributed by atoms with Crippen molar-refractivity contribution in [3.8, 4) is 0 Å². The molecule has 0 saturated heterocycles. The van der Waals surface area contributed by atoms with E-state index in [1.807, 2.05) is 18.2 Å². The molecule has 0 spiro atoms. The number of carbonyl (C=O) groups is 1. The van der Waals surface area contributed by atoms with Gasteiger partial charge in [0.2, 0.25) is 5.91 Å². The van der Waals surface area contributed by atoms with Crippen molar-refractivity contribution in [1.29, 1.82) is 0 Å². The average Bonchev–Trinajstić information content (AvgIpc) is 3.02. The topological polar surface area (TPSA) is 76.9 Å². The van der Waals surface area contributed by atoms with Crippen LogP contribution in [0.3, 0.4) is 0 Å². The average molecular weight is 397 g/mol. The van der Waals surface area contributed by atoms with E-state index in [-0.39, 0.29) is 23.4 Å². The number of nitrogens with one attached hydrogen (secondary N) is 1. The van der Waals surface area contributed by atoms with E-state index in [1.165, 1.54) is 9.56 Å². The van der Waals surface area contributed by atoms with Crippen molar-refractivity contribution >= 4 is 33.1 Å². The van der Waals surface area contributed by atoms with E-state index in [2.05, 4.69) is 36.4 Å². The van der Waals surface area contributed by atoms with Gasteiger partial charge in [-0.05, 0) is 48.3 Å². The molecule has 4 rings (SSSR count). The van der Waals surface area contributed by atoms with Crippen molar-refractivity contribution in [3.63, 3.8) is 0 Å². The Balaban J connectivity index is 1.61. The molecular weight excluding hydrogens is 372 g/mol. The molecule has 2 heterocycles. The second-order valence-electron chi connectivity index (χ2n) is 8.46. The van der Waals surface area contributed by atoms with Crippen LogP contribution in [-0.4, -0.2) is 20.9 Å². The normalized spacial score (nSPS) is 16.8. The number of benzene rings is 1. The summed E-state index contributed by atoms with van der Waals surface area (Å²) in [4.78, 5) is 27.3. The molecule has 0 radical (unpaired) electrons. The van der Waals surface area contributed by atoms with Crippen LogP contribution in [0, 0.1) is 11.3 Å². The van der Waals surface area contributed by atoms with Crippen LogP contribution >= 0.6 is 11.3 Å². The molecule has 7 heteroatoms. The molecule has 0 fully saturated rings. The number of nitrogens with zero attached hydrogens (tertiary/aromatic N) is 3. The molecule has 2 aromatic heterocycles. The Labute approximate surface area is 167 Å². The van der Waals surface area contributed by atoms with Gasteiger partial charge in [-0.15, -0.1) is 16.4 Å². The molecule has 1 aliphatic carbocycles. The first-order chi connectivity index (χ1) is 13.3. The quantitative estimate of drug-likeness (QED) is 0.733. The van der Waals surface area contributed by atoms with Gasteiger partial charge < -0.3 is 5.32 Å². The van der Waals surface area contributed by atoms with Crippen molar-refractivity contribution in [2.75, 3.05) is 5.32 Å². The van der Waals surface area contributed by atoms with E-state index in [9.17, 15) is 9.59 Å². The smallest absolute Gasteiger partial charge is 0.279 e. The minimum absolute atomic E-state index is 0.147. The van der Waals surface area contributed by atoms with Crippen molar-refractivity contribution < 1.29 is 4.79 Å². The number of rotatable bonds is 3. The summed E-state index contributed by atoms with van der Waals surface area (Å²) in [6, 6.07) is 9.17. The van der Waals surface area contributed by atoms with Crippen molar-refractivity contribution in [3.05, 3.63) is 51.1 Å². The Morgan fingerprint density at radius 3 is 2.75 bits per heavy atom. The first-order valence-corrected chi connectivity index (χ1v) is 10.4. The number of para-hydroxylation sites is 1. The number of aromatic nitrogens is 3. The summed E-state index contributed by atoms with van der Waals surface area (Å²) in [5.74, 6) is 0.304. The SMILES string of the molecule is CC(C)(C)[C@@H]1CCc2c(sc3nnn(CC(=O)Nc4ccccc4)c(=O)c23)C1. The van der Waals surface area contributed by atoms with Crippen molar-refractivity contribution in [2.45, 2.75) is 46.6 Å². The third-order valence-corrected chi connectivity index (χ3v) is 6.65. The lowest BCUT2D eigenvalue weighted by atomic mass is 9.72. The molecule has 28 heavy (non-hydrogen) atoms. The molecule has 1 atom stereocenters. The zero-order valence-electron chi connectivity index (χ0n) is 16.4. The number of aryl methyl sites for hydroxylation is 1. The summed E-state index contributed by atoms with van der Waals surface area (Å²) >= 11 is 1.58. The number of hydrogen-bond acceptors (Lipinski definition) is 5. The number of fused-ring (bicyclic) bond motifs is 3. The highest BCUT2D eigenvalue weighted by molar-refractivity contribution is 7.18. The minimum atomic E-state index is -0.293. The molecule has 1 aliphatic rings. The first-order valence-electron chi connectivity index (χ1n) is 9.56. The van der Waals surface area contributed by atoms with E-state index in [4.69, 9.17) is 0 Å². The lowest BCUT2D eigenvalue weighted by molar-refractivity contribution is -0.117. The number of carbonyl (C=O) groups excluding carboxylic acids is 1. The van der Waals surface area contributed by atoms with Gasteiger partial charge in [-0.1, -0.05) is 44.2 Å². The largest absolute Gasteiger partial charge is 0.324 e. The third-order valence-electron chi connectivity index (χ3n) is 5.51. The molecular formula is C21H24N4O2S. The maximum atomic E-state index is 13.0. The third kappa shape index (κ3) is 3.58. The van der Waals surface area contributed by atoms with Gasteiger partial charge in [0.05, 0.1) is 5.39 Å². The lowest BCUT2D eigenvalue weighted by Crippen LogP contribution is -2.31. The summed E-state index contributed by atoms with van der Waals surface area (Å²) in [6.07, 6.45) is 2.93. The van der Waals surface area contributed by atoms with Crippen molar-refractivity contribution in [2.24, 2.45) is 11.3 Å². The van der Waals surface area contributed by atoms with Gasteiger partial charge in [-0.3, -0.25) is 9.59 Å². The Hall–Kier alpha value is -2.54. The molecule has 0 saturated carbocycles. The van der Waals surface area contributed by atoms with Crippen LogP contribution in [0.1, 0.15) is 37.6 Å².